The normalized spacial score (nSPS) is 12.9. The Morgan fingerprint density at radius 3 is 2.82 bits per heavy atom. The molecule has 2 aromatic heterocycles. The molecule has 0 amide bonds. The molecule has 0 aliphatic heterocycles. The molecule has 0 fully saturated rings. The fourth-order valence-corrected chi connectivity index (χ4v) is 1.87. The molecule has 0 aliphatic carbocycles. The molecule has 2 aromatic rings. The van der Waals surface area contributed by atoms with Gasteiger partial charge in [-0.1, -0.05) is 0 Å². The Hall–Kier alpha value is -1.66. The van der Waals surface area contributed by atoms with Gasteiger partial charge in [0, 0.05) is 32.2 Å². The molecule has 1 unspecified atom stereocenters. The molecule has 6 nitrogen and oxygen atoms in total. The summed E-state index contributed by atoms with van der Waals surface area (Å²) in [4.78, 5) is 4.31. The highest BCUT2D eigenvalue weighted by Crippen LogP contribution is 2.16. The maximum absolute atomic E-state index is 5.57. The third-order valence-corrected chi connectivity index (χ3v) is 2.89. The van der Waals surface area contributed by atoms with E-state index in [4.69, 9.17) is 5.84 Å². The van der Waals surface area contributed by atoms with Crippen molar-refractivity contribution in [2.24, 2.45) is 19.9 Å². The van der Waals surface area contributed by atoms with Crippen molar-refractivity contribution in [1.29, 1.82) is 0 Å². The van der Waals surface area contributed by atoms with Gasteiger partial charge in [0.1, 0.15) is 0 Å². The van der Waals surface area contributed by atoms with Crippen LogP contribution >= 0.6 is 0 Å². The number of hydrogen-bond acceptors (Lipinski definition) is 4. The van der Waals surface area contributed by atoms with Crippen molar-refractivity contribution in [2.45, 2.75) is 18.9 Å². The van der Waals surface area contributed by atoms with Crippen LogP contribution in [-0.4, -0.2) is 19.3 Å². The van der Waals surface area contributed by atoms with Crippen LogP contribution in [0.4, 0.5) is 0 Å². The lowest BCUT2D eigenvalue weighted by Gasteiger charge is -2.13. The first-order valence-corrected chi connectivity index (χ1v) is 5.61. The Kier molecular flexibility index (Phi) is 3.55. The second kappa shape index (κ2) is 5.11. The van der Waals surface area contributed by atoms with Crippen LogP contribution in [0.2, 0.25) is 0 Å². The number of nitrogens with two attached hydrogens (primary N) is 1. The smallest absolute Gasteiger partial charge is 0.0947 e. The second-order valence-corrected chi connectivity index (χ2v) is 4.17. The highest BCUT2D eigenvalue weighted by Gasteiger charge is 2.13. The van der Waals surface area contributed by atoms with Crippen LogP contribution in [0.25, 0.3) is 0 Å². The Morgan fingerprint density at radius 2 is 2.29 bits per heavy atom. The number of aromatic nitrogens is 4. The molecule has 0 spiro atoms. The first-order chi connectivity index (χ1) is 8.20. The Morgan fingerprint density at radius 1 is 1.47 bits per heavy atom. The molecule has 2 rings (SSSR count). The van der Waals surface area contributed by atoms with Crippen molar-refractivity contribution in [3.63, 3.8) is 0 Å². The summed E-state index contributed by atoms with van der Waals surface area (Å²) < 4.78 is 3.80. The lowest BCUT2D eigenvalue weighted by atomic mass is 10.1. The van der Waals surface area contributed by atoms with E-state index in [1.165, 1.54) is 5.69 Å². The molecule has 0 saturated carbocycles. The van der Waals surface area contributed by atoms with Crippen molar-refractivity contribution < 1.29 is 0 Å². The number of rotatable bonds is 5. The van der Waals surface area contributed by atoms with E-state index >= 15 is 0 Å². The molecule has 0 aliphatic rings. The quantitative estimate of drug-likeness (QED) is 0.576. The van der Waals surface area contributed by atoms with Crippen molar-refractivity contribution in [3.8, 4) is 0 Å². The zero-order chi connectivity index (χ0) is 12.3. The van der Waals surface area contributed by atoms with Gasteiger partial charge in [0.2, 0.25) is 0 Å². The summed E-state index contributed by atoms with van der Waals surface area (Å²) in [7, 11) is 3.90. The zero-order valence-corrected chi connectivity index (χ0v) is 10.2. The predicted octanol–water partition coefficient (Wildman–Crippen LogP) is 0.291. The topological polar surface area (TPSA) is 73.7 Å². The molecular formula is C11H18N6. The van der Waals surface area contributed by atoms with E-state index in [-0.39, 0.29) is 6.04 Å². The summed E-state index contributed by atoms with van der Waals surface area (Å²) >= 11 is 0. The van der Waals surface area contributed by atoms with E-state index in [1.54, 1.807) is 12.5 Å². The fraction of sp³-hybridized carbons (Fsp3) is 0.455. The third-order valence-electron chi connectivity index (χ3n) is 2.89. The van der Waals surface area contributed by atoms with Crippen LogP contribution in [0.15, 0.2) is 24.8 Å². The summed E-state index contributed by atoms with van der Waals surface area (Å²) in [6.45, 7) is 0. The molecule has 17 heavy (non-hydrogen) atoms. The van der Waals surface area contributed by atoms with Gasteiger partial charge in [-0.15, -0.1) is 0 Å². The zero-order valence-electron chi connectivity index (χ0n) is 10.2. The van der Waals surface area contributed by atoms with E-state index in [1.807, 2.05) is 35.6 Å². The van der Waals surface area contributed by atoms with Crippen molar-refractivity contribution in [1.82, 2.24) is 24.8 Å². The van der Waals surface area contributed by atoms with Crippen LogP contribution < -0.4 is 11.3 Å². The number of nitrogens with zero attached hydrogens (tertiary/aromatic N) is 4. The largest absolute Gasteiger partial charge is 0.340 e. The van der Waals surface area contributed by atoms with Gasteiger partial charge in [0.25, 0.3) is 0 Å². The Labute approximate surface area is 100 Å². The minimum absolute atomic E-state index is 0.0751. The van der Waals surface area contributed by atoms with Gasteiger partial charge in [0.15, 0.2) is 0 Å². The average molecular weight is 234 g/mol. The number of aryl methyl sites for hydroxylation is 3. The van der Waals surface area contributed by atoms with Crippen LogP contribution in [0, 0.1) is 0 Å². The van der Waals surface area contributed by atoms with Gasteiger partial charge in [-0.25, -0.2) is 4.98 Å². The molecule has 2 heterocycles. The van der Waals surface area contributed by atoms with Crippen LogP contribution in [-0.2, 0) is 20.5 Å². The van der Waals surface area contributed by atoms with Gasteiger partial charge in [-0.05, 0) is 18.9 Å². The summed E-state index contributed by atoms with van der Waals surface area (Å²) in [6.07, 6.45) is 7.38. The first kappa shape index (κ1) is 11.8. The number of hydrazine groups is 1. The average Bonchev–Trinajstić information content (AvgIpc) is 2.90. The maximum atomic E-state index is 5.57. The monoisotopic (exact) mass is 234 g/mol. The first-order valence-electron chi connectivity index (χ1n) is 5.61. The SMILES string of the molecule is Cn1cnc(C(CCc2ccnn2C)NN)c1. The van der Waals surface area contributed by atoms with Crippen LogP contribution in [0.1, 0.15) is 23.9 Å². The van der Waals surface area contributed by atoms with Gasteiger partial charge >= 0.3 is 0 Å². The summed E-state index contributed by atoms with van der Waals surface area (Å²) in [5.74, 6) is 5.57. The number of imidazole rings is 1. The minimum atomic E-state index is 0.0751. The standard InChI is InChI=1S/C11H18N6/c1-16-7-11(13-8-16)10(15-12)4-3-9-5-6-14-17(9)2/h5-8,10,15H,3-4,12H2,1-2H3. The van der Waals surface area contributed by atoms with E-state index in [0.717, 1.165) is 18.5 Å². The van der Waals surface area contributed by atoms with E-state index < -0.39 is 0 Å². The van der Waals surface area contributed by atoms with Crippen LogP contribution in [0.5, 0.6) is 0 Å². The van der Waals surface area contributed by atoms with Gasteiger partial charge < -0.3 is 4.57 Å². The lowest BCUT2D eigenvalue weighted by molar-refractivity contribution is 0.497. The Bertz CT molecular complexity index is 472. The molecule has 6 heteroatoms. The van der Waals surface area contributed by atoms with Crippen molar-refractivity contribution in [2.75, 3.05) is 0 Å². The molecular weight excluding hydrogens is 216 g/mol. The van der Waals surface area contributed by atoms with Gasteiger partial charge in [0.05, 0.1) is 18.1 Å². The molecule has 1 atom stereocenters. The van der Waals surface area contributed by atoms with E-state index in [9.17, 15) is 0 Å². The Balaban J connectivity index is 1.99. The fourth-order valence-electron chi connectivity index (χ4n) is 1.87. The maximum Gasteiger partial charge on any atom is 0.0947 e. The second-order valence-electron chi connectivity index (χ2n) is 4.17. The summed E-state index contributed by atoms with van der Waals surface area (Å²) in [5, 5.41) is 4.14. The van der Waals surface area contributed by atoms with Crippen molar-refractivity contribution >= 4 is 0 Å². The van der Waals surface area contributed by atoms with E-state index in [0.29, 0.717) is 0 Å². The summed E-state index contributed by atoms with van der Waals surface area (Å²) in [6, 6.07) is 2.09. The molecule has 0 aromatic carbocycles. The minimum Gasteiger partial charge on any atom is -0.340 e. The number of nitrogens with one attached hydrogen (secondary N) is 1. The van der Waals surface area contributed by atoms with Gasteiger partial charge in [-0.3, -0.25) is 16.0 Å². The summed E-state index contributed by atoms with van der Waals surface area (Å²) in [5.41, 5.74) is 4.97. The molecule has 0 radical (unpaired) electrons. The molecule has 92 valence electrons. The third kappa shape index (κ3) is 2.72. The molecule has 0 bridgehead atoms. The molecule has 0 saturated heterocycles. The predicted molar refractivity (Wildman–Crippen MR) is 64.8 cm³/mol. The molecule has 3 N–H and O–H groups in total. The van der Waals surface area contributed by atoms with E-state index in [2.05, 4.69) is 15.5 Å². The van der Waals surface area contributed by atoms with Gasteiger partial charge in [-0.2, -0.15) is 5.10 Å². The van der Waals surface area contributed by atoms with Crippen molar-refractivity contribution in [3.05, 3.63) is 36.2 Å². The lowest BCUT2D eigenvalue weighted by Crippen LogP contribution is -2.28. The highest BCUT2D eigenvalue weighted by molar-refractivity contribution is 5.06. The highest BCUT2D eigenvalue weighted by atomic mass is 15.3. The van der Waals surface area contributed by atoms with Crippen LogP contribution in [0.3, 0.4) is 0 Å². The number of hydrogen-bond donors (Lipinski definition) is 2.